The fraction of sp³-hybridized carbons (Fsp3) is 0.462. The monoisotopic (exact) mass is 286 g/mol. The smallest absolute Gasteiger partial charge is 0.321 e. The van der Waals surface area contributed by atoms with E-state index >= 15 is 0 Å². The van der Waals surface area contributed by atoms with Crippen molar-refractivity contribution in [3.05, 3.63) is 24.3 Å². The minimum absolute atomic E-state index is 0.00904. The van der Waals surface area contributed by atoms with E-state index in [1.807, 2.05) is 6.92 Å². The molecule has 0 fully saturated rings. The number of hydrogen-bond acceptors (Lipinski definition) is 4. The number of carboxylic acids is 1. The van der Waals surface area contributed by atoms with E-state index in [1.165, 1.54) is 24.3 Å². The van der Waals surface area contributed by atoms with Gasteiger partial charge in [0.15, 0.2) is 15.1 Å². The maximum absolute atomic E-state index is 11.9. The van der Waals surface area contributed by atoms with Crippen LogP contribution in [0.4, 0.5) is 0 Å². The molecule has 0 aliphatic carbocycles. The Bertz CT molecular complexity index is 518. The van der Waals surface area contributed by atoms with Crippen molar-refractivity contribution in [2.75, 3.05) is 6.61 Å². The summed E-state index contributed by atoms with van der Waals surface area (Å²) < 4.78 is 29.3. The van der Waals surface area contributed by atoms with Crippen LogP contribution in [0.2, 0.25) is 0 Å². The molecule has 1 unspecified atom stereocenters. The van der Waals surface area contributed by atoms with Gasteiger partial charge in [0.1, 0.15) is 5.75 Å². The van der Waals surface area contributed by atoms with Gasteiger partial charge in [-0.1, -0.05) is 13.3 Å². The summed E-state index contributed by atoms with van der Waals surface area (Å²) >= 11 is 0. The molecular formula is C13H18O5S. The highest BCUT2D eigenvalue weighted by atomic mass is 32.2. The van der Waals surface area contributed by atoms with E-state index in [4.69, 9.17) is 9.84 Å². The predicted octanol–water partition coefficient (Wildman–Crippen LogP) is 2.11. The minimum atomic E-state index is -3.84. The molecule has 0 heterocycles. The molecule has 0 bridgehead atoms. The van der Waals surface area contributed by atoms with Gasteiger partial charge in [-0.25, -0.2) is 8.42 Å². The fourth-order valence-corrected chi connectivity index (χ4v) is 2.59. The second-order valence-electron chi connectivity index (χ2n) is 4.20. The van der Waals surface area contributed by atoms with Crippen molar-refractivity contribution in [1.29, 1.82) is 0 Å². The number of aliphatic carboxylic acids is 1. The van der Waals surface area contributed by atoms with Crippen LogP contribution in [0.5, 0.6) is 5.75 Å². The average molecular weight is 286 g/mol. The number of hydrogen-bond donors (Lipinski definition) is 1. The van der Waals surface area contributed by atoms with Crippen molar-refractivity contribution >= 4 is 15.8 Å². The lowest BCUT2D eigenvalue weighted by molar-refractivity contribution is -0.136. The van der Waals surface area contributed by atoms with Crippen LogP contribution < -0.4 is 4.74 Å². The van der Waals surface area contributed by atoms with Gasteiger partial charge in [-0.15, -0.1) is 0 Å². The molecule has 0 spiro atoms. The summed E-state index contributed by atoms with van der Waals surface area (Å²) in [6, 6.07) is 5.82. The number of carboxylic acid groups (broad SMARTS) is 1. The maximum atomic E-state index is 11.9. The molecule has 0 saturated heterocycles. The first-order valence-corrected chi connectivity index (χ1v) is 7.63. The van der Waals surface area contributed by atoms with Crippen LogP contribution in [0.25, 0.3) is 0 Å². The molecular weight excluding hydrogens is 268 g/mol. The Hall–Kier alpha value is -1.56. The molecule has 1 rings (SSSR count). The van der Waals surface area contributed by atoms with Crippen LogP contribution >= 0.6 is 0 Å². The largest absolute Gasteiger partial charge is 0.494 e. The van der Waals surface area contributed by atoms with Gasteiger partial charge in [0, 0.05) is 0 Å². The summed E-state index contributed by atoms with van der Waals surface area (Å²) in [5, 5.41) is 7.31. The van der Waals surface area contributed by atoms with Gasteiger partial charge in [-0.05, 0) is 37.6 Å². The third kappa shape index (κ3) is 3.96. The Morgan fingerprint density at radius 2 is 1.89 bits per heavy atom. The van der Waals surface area contributed by atoms with E-state index in [0.717, 1.165) is 19.8 Å². The van der Waals surface area contributed by atoms with E-state index in [0.29, 0.717) is 12.4 Å². The number of ether oxygens (including phenoxy) is 1. The standard InChI is InChI=1S/C13H18O5S/c1-3-4-9-18-11-5-7-12(8-6-11)19(16,17)10(2)13(14)15/h5-8,10H,3-4,9H2,1-2H3,(H,14,15). The molecule has 0 radical (unpaired) electrons. The van der Waals surface area contributed by atoms with Crippen molar-refractivity contribution in [1.82, 2.24) is 0 Å². The number of sulfone groups is 1. The zero-order valence-electron chi connectivity index (χ0n) is 11.0. The maximum Gasteiger partial charge on any atom is 0.321 e. The zero-order valence-corrected chi connectivity index (χ0v) is 11.8. The molecule has 6 heteroatoms. The fourth-order valence-electron chi connectivity index (χ4n) is 1.40. The van der Waals surface area contributed by atoms with Crippen LogP contribution in [0, 0.1) is 0 Å². The van der Waals surface area contributed by atoms with E-state index in [2.05, 4.69) is 0 Å². The van der Waals surface area contributed by atoms with Gasteiger partial charge in [-0.3, -0.25) is 4.79 Å². The Morgan fingerprint density at radius 1 is 1.32 bits per heavy atom. The molecule has 19 heavy (non-hydrogen) atoms. The zero-order chi connectivity index (χ0) is 14.5. The Kier molecular flexibility index (Phi) is 5.35. The highest BCUT2D eigenvalue weighted by Gasteiger charge is 2.29. The van der Waals surface area contributed by atoms with Crippen LogP contribution in [0.15, 0.2) is 29.2 Å². The normalized spacial score (nSPS) is 12.9. The summed E-state index contributed by atoms with van der Waals surface area (Å²) in [5.74, 6) is -0.779. The SMILES string of the molecule is CCCCOc1ccc(S(=O)(=O)C(C)C(=O)O)cc1. The van der Waals surface area contributed by atoms with Gasteiger partial charge in [0.05, 0.1) is 11.5 Å². The molecule has 0 aliphatic heterocycles. The molecule has 1 aromatic rings. The van der Waals surface area contributed by atoms with Crippen molar-refractivity contribution in [2.45, 2.75) is 36.8 Å². The number of benzene rings is 1. The summed E-state index contributed by atoms with van der Waals surface area (Å²) in [5.41, 5.74) is 0. The number of rotatable bonds is 7. The third-order valence-corrected chi connectivity index (χ3v) is 4.79. The van der Waals surface area contributed by atoms with Crippen molar-refractivity contribution < 1.29 is 23.1 Å². The average Bonchev–Trinajstić information content (AvgIpc) is 2.38. The van der Waals surface area contributed by atoms with Crippen LogP contribution in [-0.2, 0) is 14.6 Å². The molecule has 106 valence electrons. The van der Waals surface area contributed by atoms with Gasteiger partial charge < -0.3 is 9.84 Å². The molecule has 1 N–H and O–H groups in total. The summed E-state index contributed by atoms with van der Waals surface area (Å²) in [6.45, 7) is 3.78. The summed E-state index contributed by atoms with van der Waals surface area (Å²) in [6.07, 6.45) is 1.94. The van der Waals surface area contributed by atoms with Gasteiger partial charge in [0.25, 0.3) is 0 Å². The second kappa shape index (κ2) is 6.56. The second-order valence-corrected chi connectivity index (χ2v) is 6.47. The lowest BCUT2D eigenvalue weighted by Crippen LogP contribution is -2.26. The van der Waals surface area contributed by atoms with E-state index in [-0.39, 0.29) is 4.90 Å². The van der Waals surface area contributed by atoms with Crippen LogP contribution in [-0.4, -0.2) is 31.4 Å². The highest BCUT2D eigenvalue weighted by Crippen LogP contribution is 2.20. The van der Waals surface area contributed by atoms with Crippen LogP contribution in [0.3, 0.4) is 0 Å². The van der Waals surface area contributed by atoms with Gasteiger partial charge in [0.2, 0.25) is 0 Å². The predicted molar refractivity (Wildman–Crippen MR) is 71.1 cm³/mol. The van der Waals surface area contributed by atoms with E-state index in [1.54, 1.807) is 0 Å². The van der Waals surface area contributed by atoms with Gasteiger partial charge >= 0.3 is 5.97 Å². The Labute approximate surface area is 113 Å². The molecule has 1 atom stereocenters. The molecule has 0 amide bonds. The van der Waals surface area contributed by atoms with Crippen molar-refractivity contribution in [3.8, 4) is 5.75 Å². The lowest BCUT2D eigenvalue weighted by Gasteiger charge is -2.10. The van der Waals surface area contributed by atoms with Gasteiger partial charge in [-0.2, -0.15) is 0 Å². The highest BCUT2D eigenvalue weighted by molar-refractivity contribution is 7.92. The first-order chi connectivity index (χ1) is 8.89. The number of carbonyl (C=O) groups is 1. The van der Waals surface area contributed by atoms with E-state index < -0.39 is 21.1 Å². The molecule has 1 aromatic carbocycles. The Balaban J connectivity index is 2.84. The lowest BCUT2D eigenvalue weighted by atomic mass is 10.3. The quantitative estimate of drug-likeness (QED) is 0.776. The first-order valence-electron chi connectivity index (χ1n) is 6.09. The number of unbranched alkanes of at least 4 members (excludes halogenated alkanes) is 1. The third-order valence-electron chi connectivity index (χ3n) is 2.73. The van der Waals surface area contributed by atoms with Crippen molar-refractivity contribution in [2.24, 2.45) is 0 Å². The molecule has 0 aromatic heterocycles. The minimum Gasteiger partial charge on any atom is -0.494 e. The topological polar surface area (TPSA) is 80.7 Å². The summed E-state index contributed by atoms with van der Waals surface area (Å²) in [4.78, 5) is 10.7. The Morgan fingerprint density at radius 3 is 2.37 bits per heavy atom. The van der Waals surface area contributed by atoms with Crippen LogP contribution in [0.1, 0.15) is 26.7 Å². The molecule has 0 saturated carbocycles. The molecule has 5 nitrogen and oxygen atoms in total. The van der Waals surface area contributed by atoms with E-state index in [9.17, 15) is 13.2 Å². The molecule has 0 aliphatic rings. The summed E-state index contributed by atoms with van der Waals surface area (Å²) in [7, 11) is -3.84. The first kappa shape index (κ1) is 15.5. The van der Waals surface area contributed by atoms with Crippen molar-refractivity contribution in [3.63, 3.8) is 0 Å².